The number of azide groups is 1. The minimum atomic E-state index is -0.509. The quantitative estimate of drug-likeness (QED) is 0.0773. The number of carbonyl (C=O) groups is 3. The Hall–Kier alpha value is -5.39. The van der Waals surface area contributed by atoms with Gasteiger partial charge in [-0.25, -0.2) is 4.98 Å². The summed E-state index contributed by atoms with van der Waals surface area (Å²) >= 11 is 1.24. The summed E-state index contributed by atoms with van der Waals surface area (Å²) in [5, 5.41) is 11.4. The van der Waals surface area contributed by atoms with Crippen LogP contribution in [-0.4, -0.2) is 43.9 Å². The maximum Gasteiger partial charge on any atom is 0.275 e. The van der Waals surface area contributed by atoms with E-state index in [1.54, 1.807) is 53.9 Å². The molecular weight excluding hydrogens is 584 g/mol. The number of nitrogens with one attached hydrogen (secondary N) is 2. The number of nitrogens with zero attached hydrogens (tertiary/aromatic N) is 4. The van der Waals surface area contributed by atoms with Crippen LogP contribution in [0, 0.1) is 5.92 Å². The van der Waals surface area contributed by atoms with Crippen LogP contribution >= 0.6 is 11.3 Å². The van der Waals surface area contributed by atoms with Crippen molar-refractivity contribution in [3.8, 4) is 17.2 Å². The first-order valence-electron chi connectivity index (χ1n) is 13.4. The van der Waals surface area contributed by atoms with Gasteiger partial charge in [0.1, 0.15) is 10.7 Å². The molecule has 12 nitrogen and oxygen atoms in total. The van der Waals surface area contributed by atoms with Crippen LogP contribution in [-0.2, 0) is 0 Å². The maximum absolute atomic E-state index is 13.3. The van der Waals surface area contributed by atoms with Gasteiger partial charge in [0.2, 0.25) is 5.75 Å². The number of hydrogen-bond acceptors (Lipinski definition) is 9. The summed E-state index contributed by atoms with van der Waals surface area (Å²) in [5.41, 5.74) is 10.4. The Balaban J connectivity index is 1.53. The largest absolute Gasteiger partial charge is 0.493 e. The fourth-order valence-corrected chi connectivity index (χ4v) is 5.37. The van der Waals surface area contributed by atoms with Gasteiger partial charge in [0.25, 0.3) is 11.8 Å². The molecule has 4 aromatic rings. The number of carbonyl (C=O) groups excluding carboxylic acids is 3. The van der Waals surface area contributed by atoms with Crippen LogP contribution in [0.4, 0.5) is 11.4 Å². The van der Waals surface area contributed by atoms with Crippen molar-refractivity contribution in [3.63, 3.8) is 0 Å². The molecule has 2 amide bonds. The van der Waals surface area contributed by atoms with Crippen molar-refractivity contribution in [3.05, 3.63) is 104 Å². The minimum absolute atomic E-state index is 0.0633. The molecule has 0 fully saturated rings. The summed E-state index contributed by atoms with van der Waals surface area (Å²) in [5.74, 6) is -0.221. The van der Waals surface area contributed by atoms with E-state index in [0.717, 1.165) is 0 Å². The Labute approximate surface area is 257 Å². The molecule has 1 unspecified atom stereocenters. The number of rotatable bonds is 12. The molecule has 4 rings (SSSR count). The number of aromatic nitrogens is 1. The molecule has 0 radical (unpaired) electrons. The van der Waals surface area contributed by atoms with Crippen LogP contribution in [0.5, 0.6) is 17.2 Å². The normalized spacial score (nSPS) is 11.2. The van der Waals surface area contributed by atoms with Gasteiger partial charge in [-0.15, -0.1) is 11.3 Å². The Morgan fingerprint density at radius 1 is 0.909 bits per heavy atom. The van der Waals surface area contributed by atoms with Crippen molar-refractivity contribution in [1.29, 1.82) is 0 Å². The van der Waals surface area contributed by atoms with Gasteiger partial charge in [0.15, 0.2) is 17.3 Å². The van der Waals surface area contributed by atoms with Crippen molar-refractivity contribution in [2.45, 2.75) is 19.9 Å². The van der Waals surface area contributed by atoms with Crippen molar-refractivity contribution in [1.82, 2.24) is 10.3 Å². The van der Waals surface area contributed by atoms with E-state index in [9.17, 15) is 14.4 Å². The second-order valence-corrected chi connectivity index (χ2v) is 10.6. The van der Waals surface area contributed by atoms with Crippen molar-refractivity contribution < 1.29 is 28.6 Å². The second kappa shape index (κ2) is 14.2. The smallest absolute Gasteiger partial charge is 0.275 e. The maximum atomic E-state index is 13.3. The third kappa shape index (κ3) is 6.97. The first-order valence-corrected chi connectivity index (χ1v) is 14.2. The summed E-state index contributed by atoms with van der Waals surface area (Å²) in [6.45, 7) is 3.87. The molecule has 13 heteroatoms. The number of thiazole rings is 1. The van der Waals surface area contributed by atoms with Gasteiger partial charge < -0.3 is 24.8 Å². The molecule has 0 bridgehead atoms. The lowest BCUT2D eigenvalue weighted by Gasteiger charge is -2.21. The molecule has 1 atom stereocenters. The Morgan fingerprint density at radius 3 is 2.16 bits per heavy atom. The van der Waals surface area contributed by atoms with Crippen molar-refractivity contribution >= 4 is 40.3 Å². The summed E-state index contributed by atoms with van der Waals surface area (Å²) in [7, 11) is 4.42. The highest BCUT2D eigenvalue weighted by Crippen LogP contribution is 2.38. The van der Waals surface area contributed by atoms with E-state index in [0.29, 0.717) is 44.8 Å². The van der Waals surface area contributed by atoms with E-state index in [1.807, 2.05) is 13.8 Å². The Morgan fingerprint density at radius 2 is 1.57 bits per heavy atom. The SMILES string of the molecule is COc1cc(C(=O)NC(c2nc(C(=O)Nc3ccccc3C(=O)c3ccc(N=[N+]=[N-])cc3)cs2)C(C)C)cc(OC)c1OC. The van der Waals surface area contributed by atoms with Crippen LogP contribution in [0.1, 0.15) is 61.7 Å². The highest BCUT2D eigenvalue weighted by Gasteiger charge is 2.26. The third-order valence-corrected chi connectivity index (χ3v) is 7.54. The standard InChI is InChI=1S/C31H30N6O6S/c1-17(2)26(35-29(39)19-14-24(41-3)28(43-5)25(15-19)42-4)31-34-23(16-44-31)30(40)33-22-9-7-6-8-21(22)27(38)18-10-12-20(13-11-18)36-37-32/h6-17,26H,1-5H3,(H,33,40)(H,35,39). The molecule has 0 aliphatic rings. The van der Waals surface area contributed by atoms with Gasteiger partial charge in [0.05, 0.1) is 33.1 Å². The minimum Gasteiger partial charge on any atom is -0.493 e. The lowest BCUT2D eigenvalue weighted by Crippen LogP contribution is -2.32. The number of benzene rings is 3. The van der Waals surface area contributed by atoms with Crippen LogP contribution in [0.25, 0.3) is 10.4 Å². The molecule has 0 aliphatic heterocycles. The summed E-state index contributed by atoms with van der Waals surface area (Å²) in [6, 6.07) is 15.4. The Kier molecular flexibility index (Phi) is 10.2. The van der Waals surface area contributed by atoms with Crippen molar-refractivity contribution in [2.24, 2.45) is 11.0 Å². The number of amides is 2. The molecule has 1 aromatic heterocycles. The van der Waals surface area contributed by atoms with Crippen LogP contribution in [0.15, 0.2) is 71.2 Å². The van der Waals surface area contributed by atoms with Gasteiger partial charge in [-0.1, -0.05) is 55.4 Å². The van der Waals surface area contributed by atoms with E-state index < -0.39 is 11.9 Å². The third-order valence-electron chi connectivity index (χ3n) is 6.61. The molecule has 226 valence electrons. The highest BCUT2D eigenvalue weighted by atomic mass is 32.1. The molecule has 0 saturated carbocycles. The zero-order chi connectivity index (χ0) is 31.8. The molecule has 0 spiro atoms. The van der Waals surface area contributed by atoms with Crippen LogP contribution in [0.2, 0.25) is 0 Å². The zero-order valence-electron chi connectivity index (χ0n) is 24.7. The summed E-state index contributed by atoms with van der Waals surface area (Å²) in [4.78, 5) is 47.0. The molecule has 3 aromatic carbocycles. The summed E-state index contributed by atoms with van der Waals surface area (Å²) in [6.07, 6.45) is 0. The van der Waals surface area contributed by atoms with Gasteiger partial charge in [-0.2, -0.15) is 0 Å². The topological polar surface area (TPSA) is 165 Å². The zero-order valence-corrected chi connectivity index (χ0v) is 25.5. The first kappa shape index (κ1) is 31.5. The fourth-order valence-electron chi connectivity index (χ4n) is 4.35. The molecule has 0 saturated heterocycles. The molecule has 2 N–H and O–H groups in total. The predicted molar refractivity (Wildman–Crippen MR) is 166 cm³/mol. The fraction of sp³-hybridized carbons (Fsp3) is 0.226. The molecule has 44 heavy (non-hydrogen) atoms. The number of para-hydroxylation sites is 1. The second-order valence-electron chi connectivity index (χ2n) is 9.75. The van der Waals surface area contributed by atoms with Gasteiger partial charge in [0, 0.05) is 32.7 Å². The van der Waals surface area contributed by atoms with Gasteiger partial charge >= 0.3 is 0 Å². The number of hydrogen-bond donors (Lipinski definition) is 2. The van der Waals surface area contributed by atoms with E-state index in [4.69, 9.17) is 19.7 Å². The molecular formula is C31H30N6O6S. The molecule has 1 heterocycles. The van der Waals surface area contributed by atoms with Crippen molar-refractivity contribution in [2.75, 3.05) is 26.6 Å². The number of anilines is 1. The summed E-state index contributed by atoms with van der Waals surface area (Å²) < 4.78 is 16.1. The van der Waals surface area contributed by atoms with E-state index >= 15 is 0 Å². The van der Waals surface area contributed by atoms with Gasteiger partial charge in [-0.3, -0.25) is 14.4 Å². The van der Waals surface area contributed by atoms with E-state index in [2.05, 4.69) is 25.6 Å². The average molecular weight is 615 g/mol. The highest BCUT2D eigenvalue weighted by molar-refractivity contribution is 7.10. The lowest BCUT2D eigenvalue weighted by molar-refractivity contribution is 0.0924. The van der Waals surface area contributed by atoms with E-state index in [1.165, 1.54) is 44.8 Å². The number of ketones is 1. The van der Waals surface area contributed by atoms with Crippen LogP contribution < -0.4 is 24.8 Å². The van der Waals surface area contributed by atoms with Gasteiger partial charge in [-0.05, 0) is 35.7 Å². The van der Waals surface area contributed by atoms with Crippen LogP contribution in [0.3, 0.4) is 0 Å². The predicted octanol–water partition coefficient (Wildman–Crippen LogP) is 6.72. The average Bonchev–Trinajstić information content (AvgIpc) is 3.53. The van der Waals surface area contributed by atoms with E-state index in [-0.39, 0.29) is 28.9 Å². The lowest BCUT2D eigenvalue weighted by atomic mass is 10.0. The number of methoxy groups -OCH3 is 3. The first-order chi connectivity index (χ1) is 21.2. The Bertz CT molecular complexity index is 1700. The molecule has 0 aliphatic carbocycles. The monoisotopic (exact) mass is 614 g/mol. The number of ether oxygens (including phenoxy) is 3.